The third-order valence-electron chi connectivity index (χ3n) is 2.20. The van der Waals surface area contributed by atoms with E-state index in [9.17, 15) is 14.9 Å². The Bertz CT molecular complexity index is 389. The fraction of sp³-hybridized carbons (Fsp3) is 0.500. The molecule has 1 rings (SSSR count). The average Bonchev–Trinajstić information content (AvgIpc) is 2.74. The van der Waals surface area contributed by atoms with Crippen LogP contribution in [0.25, 0.3) is 0 Å². The minimum atomic E-state index is -0.511. The molecule has 0 aliphatic rings. The number of hydrogen-bond donors (Lipinski definition) is 2. The van der Waals surface area contributed by atoms with Crippen LogP contribution in [0.15, 0.2) is 12.4 Å². The van der Waals surface area contributed by atoms with Gasteiger partial charge in [0.25, 0.3) is 0 Å². The van der Waals surface area contributed by atoms with Crippen LogP contribution in [-0.4, -0.2) is 20.6 Å². The molecule has 8 nitrogen and oxygen atoms in total. The van der Waals surface area contributed by atoms with E-state index in [0.717, 1.165) is 0 Å². The van der Waals surface area contributed by atoms with Gasteiger partial charge in [-0.05, 0) is 13.3 Å². The van der Waals surface area contributed by atoms with Gasteiger partial charge in [-0.15, -0.1) is 0 Å². The fourth-order valence-corrected chi connectivity index (χ4v) is 1.21. The minimum Gasteiger partial charge on any atom is -0.294 e. The predicted octanol–water partition coefficient (Wildman–Crippen LogP) is 0.122. The van der Waals surface area contributed by atoms with E-state index in [0.29, 0.717) is 6.42 Å². The zero-order valence-electron chi connectivity index (χ0n) is 8.79. The van der Waals surface area contributed by atoms with Crippen molar-refractivity contribution in [2.45, 2.75) is 25.8 Å². The largest absolute Gasteiger partial charge is 0.307 e. The minimum absolute atomic E-state index is 0.0601. The van der Waals surface area contributed by atoms with Gasteiger partial charge in [-0.25, -0.2) is 5.84 Å². The first-order valence-electron chi connectivity index (χ1n) is 4.72. The summed E-state index contributed by atoms with van der Waals surface area (Å²) < 4.78 is 1.46. The molecule has 0 aliphatic carbocycles. The van der Waals surface area contributed by atoms with Gasteiger partial charge in [0.05, 0.1) is 4.92 Å². The summed E-state index contributed by atoms with van der Waals surface area (Å²) in [5.74, 6) is 4.66. The number of rotatable bonds is 5. The Labute approximate surface area is 91.5 Å². The number of nitro groups is 1. The van der Waals surface area contributed by atoms with E-state index in [1.165, 1.54) is 17.1 Å². The third kappa shape index (κ3) is 3.02. The van der Waals surface area contributed by atoms with Gasteiger partial charge in [0.15, 0.2) is 0 Å². The van der Waals surface area contributed by atoms with E-state index in [4.69, 9.17) is 5.84 Å². The number of aromatic nitrogens is 2. The van der Waals surface area contributed by atoms with Crippen LogP contribution >= 0.6 is 0 Å². The molecule has 3 N–H and O–H groups in total. The number of amides is 1. The van der Waals surface area contributed by atoms with Gasteiger partial charge in [-0.2, -0.15) is 5.10 Å². The van der Waals surface area contributed by atoms with Gasteiger partial charge in [0.2, 0.25) is 5.91 Å². The Morgan fingerprint density at radius 3 is 3.00 bits per heavy atom. The van der Waals surface area contributed by atoms with Crippen molar-refractivity contribution in [2.24, 2.45) is 5.84 Å². The van der Waals surface area contributed by atoms with Crippen LogP contribution in [-0.2, 0) is 4.79 Å². The highest BCUT2D eigenvalue weighted by Gasteiger charge is 2.13. The lowest BCUT2D eigenvalue weighted by atomic mass is 10.2. The molecule has 1 aromatic heterocycles. The molecule has 1 atom stereocenters. The van der Waals surface area contributed by atoms with Gasteiger partial charge in [0, 0.05) is 12.5 Å². The van der Waals surface area contributed by atoms with Gasteiger partial charge in [-0.1, -0.05) is 0 Å². The summed E-state index contributed by atoms with van der Waals surface area (Å²) in [6.07, 6.45) is 3.29. The maximum absolute atomic E-state index is 10.9. The Balaban J connectivity index is 2.55. The summed E-state index contributed by atoms with van der Waals surface area (Å²) in [5.41, 5.74) is 1.96. The van der Waals surface area contributed by atoms with Crippen molar-refractivity contribution in [3.63, 3.8) is 0 Å². The van der Waals surface area contributed by atoms with Crippen LogP contribution in [0.2, 0.25) is 0 Å². The normalized spacial score (nSPS) is 12.1. The number of nitrogens with zero attached hydrogens (tertiary/aromatic N) is 3. The molecule has 88 valence electrons. The summed E-state index contributed by atoms with van der Waals surface area (Å²) in [6.45, 7) is 1.82. The van der Waals surface area contributed by atoms with Crippen molar-refractivity contribution < 1.29 is 9.72 Å². The second kappa shape index (κ2) is 5.21. The van der Waals surface area contributed by atoms with Crippen molar-refractivity contribution in [1.82, 2.24) is 15.2 Å². The number of carbonyl (C=O) groups excluding carboxylic acids is 1. The first kappa shape index (κ1) is 12.1. The van der Waals surface area contributed by atoms with Crippen LogP contribution < -0.4 is 11.3 Å². The Morgan fingerprint density at radius 2 is 2.50 bits per heavy atom. The smallest absolute Gasteiger partial charge is 0.294 e. The third-order valence-corrected chi connectivity index (χ3v) is 2.20. The Morgan fingerprint density at radius 1 is 1.81 bits per heavy atom. The maximum atomic E-state index is 10.9. The van der Waals surface area contributed by atoms with E-state index >= 15 is 0 Å². The highest BCUT2D eigenvalue weighted by Crippen LogP contribution is 2.16. The number of nitrogens with two attached hydrogens (primary N) is 1. The highest BCUT2D eigenvalue weighted by molar-refractivity contribution is 5.75. The maximum Gasteiger partial charge on any atom is 0.307 e. The van der Waals surface area contributed by atoms with Gasteiger partial charge < -0.3 is 0 Å². The first-order chi connectivity index (χ1) is 7.54. The summed E-state index contributed by atoms with van der Waals surface area (Å²) >= 11 is 0. The molecule has 0 aromatic carbocycles. The van der Waals surface area contributed by atoms with Crippen LogP contribution in [0.1, 0.15) is 25.8 Å². The Kier molecular flexibility index (Phi) is 3.95. The monoisotopic (exact) mass is 227 g/mol. The van der Waals surface area contributed by atoms with Crippen molar-refractivity contribution in [3.8, 4) is 0 Å². The lowest BCUT2D eigenvalue weighted by Gasteiger charge is -2.10. The zero-order chi connectivity index (χ0) is 12.1. The van der Waals surface area contributed by atoms with Gasteiger partial charge in [0.1, 0.15) is 12.4 Å². The summed E-state index contributed by atoms with van der Waals surface area (Å²) in [7, 11) is 0. The van der Waals surface area contributed by atoms with Crippen molar-refractivity contribution in [2.75, 3.05) is 0 Å². The summed E-state index contributed by atoms with van der Waals surface area (Å²) in [4.78, 5) is 20.8. The van der Waals surface area contributed by atoms with Crippen LogP contribution in [0.5, 0.6) is 0 Å². The van der Waals surface area contributed by atoms with E-state index < -0.39 is 4.92 Å². The quantitative estimate of drug-likeness (QED) is 0.321. The van der Waals surface area contributed by atoms with Crippen molar-refractivity contribution >= 4 is 11.6 Å². The van der Waals surface area contributed by atoms with E-state index in [1.54, 1.807) is 0 Å². The molecule has 0 bridgehead atoms. The second-order valence-corrected chi connectivity index (χ2v) is 3.39. The molecule has 1 aromatic rings. The fourth-order valence-electron chi connectivity index (χ4n) is 1.21. The first-order valence-corrected chi connectivity index (χ1v) is 4.72. The molecule has 0 aliphatic heterocycles. The molecule has 1 heterocycles. The number of hydrazine groups is 1. The number of carbonyl (C=O) groups is 1. The Hall–Kier alpha value is -1.96. The molecule has 0 fully saturated rings. The van der Waals surface area contributed by atoms with Crippen LogP contribution in [0.4, 0.5) is 5.69 Å². The molecule has 1 amide bonds. The van der Waals surface area contributed by atoms with Crippen LogP contribution in [0, 0.1) is 10.1 Å². The van der Waals surface area contributed by atoms with Crippen molar-refractivity contribution in [3.05, 3.63) is 22.5 Å². The zero-order valence-corrected chi connectivity index (χ0v) is 8.79. The summed E-state index contributed by atoms with van der Waals surface area (Å²) in [6, 6.07) is -0.0917. The van der Waals surface area contributed by atoms with Crippen molar-refractivity contribution in [1.29, 1.82) is 0 Å². The SMILES string of the molecule is CC(CCC(=O)NN)n1cc([N+](=O)[O-])cn1. The molecule has 8 heteroatoms. The highest BCUT2D eigenvalue weighted by atomic mass is 16.6. The molecule has 0 saturated heterocycles. The predicted molar refractivity (Wildman–Crippen MR) is 55.2 cm³/mol. The topological polar surface area (TPSA) is 116 Å². The molecule has 0 saturated carbocycles. The molecule has 1 unspecified atom stereocenters. The number of hydrogen-bond acceptors (Lipinski definition) is 5. The second-order valence-electron chi connectivity index (χ2n) is 3.39. The summed E-state index contributed by atoms with van der Waals surface area (Å²) in [5, 5.41) is 14.3. The molecule has 16 heavy (non-hydrogen) atoms. The van der Waals surface area contributed by atoms with Gasteiger partial charge in [-0.3, -0.25) is 25.0 Å². The van der Waals surface area contributed by atoms with Gasteiger partial charge >= 0.3 is 5.69 Å². The molecular formula is C8H13N5O3. The van der Waals surface area contributed by atoms with Crippen LogP contribution in [0.3, 0.4) is 0 Å². The lowest BCUT2D eigenvalue weighted by molar-refractivity contribution is -0.385. The van der Waals surface area contributed by atoms with E-state index in [2.05, 4.69) is 5.10 Å². The molecule has 0 spiro atoms. The number of nitrogens with one attached hydrogen (secondary N) is 1. The molecule has 0 radical (unpaired) electrons. The lowest BCUT2D eigenvalue weighted by Crippen LogP contribution is -2.30. The van der Waals surface area contributed by atoms with E-state index in [-0.39, 0.29) is 24.1 Å². The van der Waals surface area contributed by atoms with E-state index in [1.807, 2.05) is 12.3 Å². The average molecular weight is 227 g/mol. The molecular weight excluding hydrogens is 214 g/mol. The standard InChI is InChI=1S/C8H13N5O3/c1-6(2-3-8(14)11-9)12-5-7(4-10-12)13(15)16/h4-6H,2-3,9H2,1H3,(H,11,14).